The summed E-state index contributed by atoms with van der Waals surface area (Å²) in [6.07, 6.45) is 7.40. The predicted octanol–water partition coefficient (Wildman–Crippen LogP) is 6.21. The Hall–Kier alpha value is -3.28. The van der Waals surface area contributed by atoms with Gasteiger partial charge < -0.3 is 10.2 Å². The topological polar surface area (TPSA) is 51.1 Å². The van der Waals surface area contributed by atoms with Gasteiger partial charge in [-0.3, -0.25) is 5.21 Å². The predicted molar refractivity (Wildman–Crippen MR) is 130 cm³/mol. The van der Waals surface area contributed by atoms with Crippen LogP contribution in [0.2, 0.25) is 0 Å². The summed E-state index contributed by atoms with van der Waals surface area (Å²) in [7, 11) is 0. The van der Waals surface area contributed by atoms with Crippen LogP contribution >= 0.6 is 12.4 Å². The monoisotopic (exact) mass is 432 g/mol. The Morgan fingerprint density at radius 2 is 1.74 bits per heavy atom. The molecule has 0 amide bonds. The van der Waals surface area contributed by atoms with Crippen molar-refractivity contribution in [3.05, 3.63) is 95.1 Å². The number of halogens is 1. The molecule has 2 N–H and O–H groups in total. The fourth-order valence-electron chi connectivity index (χ4n) is 4.49. The van der Waals surface area contributed by atoms with Gasteiger partial charge in [-0.05, 0) is 43.4 Å². The zero-order valence-electron chi connectivity index (χ0n) is 17.7. The summed E-state index contributed by atoms with van der Waals surface area (Å²) in [4.78, 5) is 6.41. The number of nitrogens with zero attached hydrogens (tertiary/aromatic N) is 3. The highest BCUT2D eigenvalue weighted by Gasteiger charge is 2.30. The van der Waals surface area contributed by atoms with Crippen molar-refractivity contribution < 1.29 is 5.21 Å². The highest BCUT2D eigenvalue weighted by molar-refractivity contribution is 5.97. The maximum Gasteiger partial charge on any atom is 0.131 e. The first kappa shape index (κ1) is 21.0. The lowest BCUT2D eigenvalue weighted by atomic mass is 9.97. The first-order chi connectivity index (χ1) is 14.5. The molecule has 1 unspecified atom stereocenters. The van der Waals surface area contributed by atoms with E-state index in [2.05, 4.69) is 72.4 Å². The molecule has 31 heavy (non-hydrogen) atoms. The van der Waals surface area contributed by atoms with Gasteiger partial charge in [0.05, 0.1) is 24.3 Å². The van der Waals surface area contributed by atoms with Gasteiger partial charge in [-0.25, -0.2) is 10.1 Å². The molecule has 6 heteroatoms. The quantitative estimate of drug-likeness (QED) is 0.505. The summed E-state index contributed by atoms with van der Waals surface area (Å²) in [5, 5.41) is 18.0. The van der Waals surface area contributed by atoms with Crippen LogP contribution in [0, 0.1) is 20.8 Å². The Morgan fingerprint density at radius 1 is 1.00 bits per heavy atom. The van der Waals surface area contributed by atoms with Crippen molar-refractivity contribution in [1.29, 1.82) is 0 Å². The van der Waals surface area contributed by atoms with Gasteiger partial charge in [-0.15, -0.1) is 12.4 Å². The molecule has 2 aliphatic heterocycles. The number of nitrogens with one attached hydrogen (secondary N) is 1. The van der Waals surface area contributed by atoms with E-state index in [1.165, 1.54) is 10.6 Å². The van der Waals surface area contributed by atoms with Gasteiger partial charge in [0.2, 0.25) is 0 Å². The third-order valence-electron chi connectivity index (χ3n) is 5.78. The standard InChI is InChI=1S/C25H24N4O.ClH/c1-16-12-17(2)24(18(3)13-16)27-23-14-29(30)25-20-7-5-4-6-19(20)8-9-21(25)22-10-11-26-15-28(22)23;/h4-15,22,27,30H,1-3H3;1H. The lowest BCUT2D eigenvalue weighted by Gasteiger charge is -2.31. The highest BCUT2D eigenvalue weighted by atomic mass is 35.5. The van der Waals surface area contributed by atoms with Crippen molar-refractivity contribution in [1.82, 2.24) is 4.90 Å². The van der Waals surface area contributed by atoms with E-state index < -0.39 is 0 Å². The molecule has 2 aliphatic rings. The molecule has 5 rings (SSSR count). The van der Waals surface area contributed by atoms with Gasteiger partial charge in [-0.2, -0.15) is 0 Å². The number of fused-ring (bicyclic) bond motifs is 5. The molecule has 0 aromatic heterocycles. The number of hydrogen-bond donors (Lipinski definition) is 2. The van der Waals surface area contributed by atoms with E-state index in [-0.39, 0.29) is 18.4 Å². The molecule has 0 radical (unpaired) electrons. The third kappa shape index (κ3) is 3.56. The SMILES string of the molecule is Cc1cc(C)c(NC2=CN(O)c3c(ccc4ccccc34)C3C=CN=CN23)c(C)c1.Cl. The maximum atomic E-state index is 11.1. The van der Waals surface area contributed by atoms with E-state index in [4.69, 9.17) is 0 Å². The van der Waals surface area contributed by atoms with Gasteiger partial charge in [0.1, 0.15) is 5.82 Å². The summed E-state index contributed by atoms with van der Waals surface area (Å²) < 4.78 is 0. The van der Waals surface area contributed by atoms with Crippen LogP contribution in [0.15, 0.2) is 77.8 Å². The summed E-state index contributed by atoms with van der Waals surface area (Å²) in [6.45, 7) is 6.30. The smallest absolute Gasteiger partial charge is 0.131 e. The average molecular weight is 433 g/mol. The van der Waals surface area contributed by atoms with Gasteiger partial charge in [0.15, 0.2) is 0 Å². The van der Waals surface area contributed by atoms with Crippen LogP contribution in [0.4, 0.5) is 11.4 Å². The molecule has 1 atom stereocenters. The van der Waals surface area contributed by atoms with E-state index >= 15 is 0 Å². The number of aryl methyl sites for hydroxylation is 3. The minimum absolute atomic E-state index is 0. The van der Waals surface area contributed by atoms with Gasteiger partial charge in [0.25, 0.3) is 0 Å². The maximum absolute atomic E-state index is 11.1. The lowest BCUT2D eigenvalue weighted by Crippen LogP contribution is -2.30. The molecule has 0 spiro atoms. The number of benzene rings is 3. The van der Waals surface area contributed by atoms with Crippen LogP contribution in [0.5, 0.6) is 0 Å². The Bertz CT molecular complexity index is 1220. The summed E-state index contributed by atoms with van der Waals surface area (Å²) in [5.41, 5.74) is 6.39. The molecule has 0 saturated carbocycles. The van der Waals surface area contributed by atoms with E-state index in [1.807, 2.05) is 24.4 Å². The second kappa shape index (κ2) is 8.10. The summed E-state index contributed by atoms with van der Waals surface area (Å²) >= 11 is 0. The van der Waals surface area contributed by atoms with Crippen molar-refractivity contribution in [2.24, 2.45) is 4.99 Å². The molecule has 2 heterocycles. The molecule has 0 bridgehead atoms. The van der Waals surface area contributed by atoms with Crippen LogP contribution in [-0.2, 0) is 0 Å². The Balaban J connectivity index is 0.00000231. The van der Waals surface area contributed by atoms with Crippen molar-refractivity contribution in [3.63, 3.8) is 0 Å². The molecular formula is C25H25ClN4O. The normalized spacial score (nSPS) is 16.9. The number of hydroxylamine groups is 1. The average Bonchev–Trinajstić information content (AvgIpc) is 2.85. The Kier molecular flexibility index (Phi) is 5.48. The van der Waals surface area contributed by atoms with Crippen molar-refractivity contribution >= 4 is 40.9 Å². The second-order valence-electron chi connectivity index (χ2n) is 7.94. The number of hydrogen-bond acceptors (Lipinski definition) is 5. The van der Waals surface area contributed by atoms with Crippen molar-refractivity contribution in [3.8, 4) is 0 Å². The van der Waals surface area contributed by atoms with E-state index in [9.17, 15) is 5.21 Å². The van der Waals surface area contributed by atoms with Gasteiger partial charge in [0, 0.05) is 22.8 Å². The Labute approximate surface area is 188 Å². The fourth-order valence-corrected chi connectivity index (χ4v) is 4.49. The zero-order valence-corrected chi connectivity index (χ0v) is 18.5. The summed E-state index contributed by atoms with van der Waals surface area (Å²) in [6, 6.07) is 16.5. The van der Waals surface area contributed by atoms with Gasteiger partial charge >= 0.3 is 0 Å². The Morgan fingerprint density at radius 3 is 2.52 bits per heavy atom. The first-order valence-corrected chi connectivity index (χ1v) is 10.1. The summed E-state index contributed by atoms with van der Waals surface area (Å²) in [5.74, 6) is 0.755. The molecular weight excluding hydrogens is 408 g/mol. The fraction of sp³-hybridized carbons (Fsp3) is 0.160. The molecule has 0 aliphatic carbocycles. The number of aliphatic imine (C=N–C) groups is 1. The first-order valence-electron chi connectivity index (χ1n) is 10.1. The van der Waals surface area contributed by atoms with Gasteiger partial charge in [-0.1, -0.05) is 54.1 Å². The molecule has 0 saturated heterocycles. The largest absolute Gasteiger partial charge is 0.340 e. The van der Waals surface area contributed by atoms with Crippen molar-refractivity contribution in [2.45, 2.75) is 26.8 Å². The van der Waals surface area contributed by atoms with Crippen LogP contribution in [0.1, 0.15) is 28.3 Å². The van der Waals surface area contributed by atoms with Crippen LogP contribution in [-0.4, -0.2) is 16.4 Å². The van der Waals surface area contributed by atoms with E-state index in [1.54, 1.807) is 12.5 Å². The van der Waals surface area contributed by atoms with E-state index in [0.29, 0.717) is 0 Å². The van der Waals surface area contributed by atoms with Crippen molar-refractivity contribution in [2.75, 3.05) is 10.4 Å². The molecule has 3 aromatic rings. The zero-order chi connectivity index (χ0) is 20.8. The molecule has 5 nitrogen and oxygen atoms in total. The van der Waals surface area contributed by atoms with Crippen LogP contribution in [0.25, 0.3) is 10.8 Å². The number of anilines is 2. The third-order valence-corrected chi connectivity index (χ3v) is 5.78. The second-order valence-corrected chi connectivity index (χ2v) is 7.94. The lowest BCUT2D eigenvalue weighted by molar-refractivity contribution is 0.295. The highest BCUT2D eigenvalue weighted by Crippen LogP contribution is 2.41. The minimum atomic E-state index is -0.0796. The molecule has 0 fully saturated rings. The van der Waals surface area contributed by atoms with Crippen LogP contribution in [0.3, 0.4) is 0 Å². The van der Waals surface area contributed by atoms with E-state index in [0.717, 1.165) is 44.7 Å². The molecule has 158 valence electrons. The van der Waals surface area contributed by atoms with Crippen LogP contribution < -0.4 is 10.4 Å². The number of rotatable bonds is 2. The minimum Gasteiger partial charge on any atom is -0.340 e. The molecule has 3 aromatic carbocycles.